The van der Waals surface area contributed by atoms with Gasteiger partial charge in [-0.1, -0.05) is 42.0 Å². The van der Waals surface area contributed by atoms with Gasteiger partial charge >= 0.3 is 0 Å². The van der Waals surface area contributed by atoms with Gasteiger partial charge in [-0.3, -0.25) is 0 Å². The molecule has 3 aromatic rings. The van der Waals surface area contributed by atoms with Crippen molar-refractivity contribution in [3.63, 3.8) is 0 Å². The molecule has 0 N–H and O–H groups in total. The third-order valence-electron chi connectivity index (χ3n) is 2.90. The number of aromatic nitrogens is 4. The minimum Gasteiger partial charge on any atom is -0.186 e. The maximum Gasteiger partial charge on any atom is 0.235 e. The third kappa shape index (κ3) is 2.71. The maximum atomic E-state index is 4.66. The second-order valence-electron chi connectivity index (χ2n) is 4.64. The summed E-state index contributed by atoms with van der Waals surface area (Å²) in [6.45, 7) is 4.28. The van der Waals surface area contributed by atoms with E-state index in [1.807, 2.05) is 16.3 Å². The Kier molecular flexibility index (Phi) is 4.03. The van der Waals surface area contributed by atoms with Crippen LogP contribution in [0.3, 0.4) is 0 Å². The van der Waals surface area contributed by atoms with Crippen molar-refractivity contribution in [2.45, 2.75) is 26.0 Å². The second kappa shape index (κ2) is 5.93. The summed E-state index contributed by atoms with van der Waals surface area (Å²) in [5.41, 5.74) is 2.39. The maximum absolute atomic E-state index is 4.66. The molecule has 0 aliphatic rings. The average molecular weight is 304 g/mol. The fraction of sp³-hybridized carbons (Fsp3) is 0.357. The van der Waals surface area contributed by atoms with Crippen molar-refractivity contribution in [2.24, 2.45) is 0 Å². The Labute approximate surface area is 126 Å². The fourth-order valence-electron chi connectivity index (χ4n) is 1.95. The minimum absolute atomic E-state index is 0.867. The van der Waals surface area contributed by atoms with Gasteiger partial charge in [0.25, 0.3) is 0 Å². The molecule has 6 heteroatoms. The first-order valence-corrected chi connectivity index (χ1v) is 8.61. The first kappa shape index (κ1) is 13.6. The van der Waals surface area contributed by atoms with E-state index in [2.05, 4.69) is 53.4 Å². The molecule has 0 aliphatic heterocycles. The van der Waals surface area contributed by atoms with Gasteiger partial charge in [-0.25, -0.2) is 0 Å². The Balaban J connectivity index is 1.91. The summed E-state index contributed by atoms with van der Waals surface area (Å²) in [6.07, 6.45) is 1.18. The molecular formula is C14H16N4S2. The van der Waals surface area contributed by atoms with Gasteiger partial charge in [0.1, 0.15) is 5.01 Å². The molecule has 104 valence electrons. The summed E-state index contributed by atoms with van der Waals surface area (Å²) in [4.78, 5) is 0.869. The molecule has 0 radical (unpaired) electrons. The molecule has 2 aromatic heterocycles. The molecule has 0 saturated heterocycles. The lowest BCUT2D eigenvalue weighted by molar-refractivity contribution is 0.887. The Morgan fingerprint density at radius 3 is 3.00 bits per heavy atom. The highest BCUT2D eigenvalue weighted by Gasteiger charge is 2.12. The van der Waals surface area contributed by atoms with Crippen LogP contribution in [-0.4, -0.2) is 25.6 Å². The van der Waals surface area contributed by atoms with Crippen molar-refractivity contribution in [3.8, 4) is 10.6 Å². The molecule has 0 unspecified atom stereocenters. The van der Waals surface area contributed by atoms with E-state index in [4.69, 9.17) is 0 Å². The standard InChI is InChI=1S/C14H16N4S2/c1-3-7-19-9-12-15-16-14-18(12)17-13(20-14)11-6-4-5-10(2)8-11/h4-6,8H,3,7,9H2,1-2H3. The highest BCUT2D eigenvalue weighted by Crippen LogP contribution is 2.26. The van der Waals surface area contributed by atoms with Crippen LogP contribution in [0.25, 0.3) is 15.5 Å². The number of benzene rings is 1. The van der Waals surface area contributed by atoms with Crippen molar-refractivity contribution in [1.29, 1.82) is 0 Å². The average Bonchev–Trinajstić information content (AvgIpc) is 3.00. The monoisotopic (exact) mass is 304 g/mol. The van der Waals surface area contributed by atoms with Crippen molar-refractivity contribution < 1.29 is 0 Å². The van der Waals surface area contributed by atoms with Crippen LogP contribution in [0, 0.1) is 6.92 Å². The van der Waals surface area contributed by atoms with Gasteiger partial charge in [-0.05, 0) is 25.2 Å². The van der Waals surface area contributed by atoms with E-state index >= 15 is 0 Å². The lowest BCUT2D eigenvalue weighted by Gasteiger charge is -1.97. The van der Waals surface area contributed by atoms with Gasteiger partial charge in [0, 0.05) is 5.56 Å². The lowest BCUT2D eigenvalue weighted by Crippen LogP contribution is -1.94. The molecular weight excluding hydrogens is 288 g/mol. The number of hydrogen-bond acceptors (Lipinski definition) is 5. The summed E-state index contributed by atoms with van der Waals surface area (Å²) >= 11 is 3.46. The summed E-state index contributed by atoms with van der Waals surface area (Å²) in [5.74, 6) is 2.95. The van der Waals surface area contributed by atoms with E-state index in [0.29, 0.717) is 0 Å². The smallest absolute Gasteiger partial charge is 0.186 e. The molecule has 0 bridgehead atoms. The van der Waals surface area contributed by atoms with Crippen LogP contribution >= 0.6 is 23.1 Å². The molecule has 3 rings (SSSR count). The predicted molar refractivity (Wildman–Crippen MR) is 85.3 cm³/mol. The van der Waals surface area contributed by atoms with Gasteiger partial charge in [-0.15, -0.1) is 10.2 Å². The summed E-state index contributed by atoms with van der Waals surface area (Å²) < 4.78 is 1.88. The lowest BCUT2D eigenvalue weighted by atomic mass is 10.1. The number of aryl methyl sites for hydroxylation is 1. The topological polar surface area (TPSA) is 43.1 Å². The highest BCUT2D eigenvalue weighted by atomic mass is 32.2. The third-order valence-corrected chi connectivity index (χ3v) is 5.01. The molecule has 20 heavy (non-hydrogen) atoms. The van der Waals surface area contributed by atoms with E-state index < -0.39 is 0 Å². The van der Waals surface area contributed by atoms with Gasteiger partial charge in [0.05, 0.1) is 5.75 Å². The van der Waals surface area contributed by atoms with Crippen LogP contribution in [0.2, 0.25) is 0 Å². The first-order valence-electron chi connectivity index (χ1n) is 6.64. The van der Waals surface area contributed by atoms with E-state index in [1.54, 1.807) is 11.3 Å². The zero-order chi connectivity index (χ0) is 13.9. The number of fused-ring (bicyclic) bond motifs is 1. The molecule has 1 aromatic carbocycles. The molecule has 0 fully saturated rings. The summed E-state index contributed by atoms with van der Waals surface area (Å²) in [5, 5.41) is 14.1. The Morgan fingerprint density at radius 1 is 1.30 bits per heavy atom. The molecule has 2 heterocycles. The number of thioether (sulfide) groups is 1. The minimum atomic E-state index is 0.867. The molecule has 0 spiro atoms. The number of nitrogens with zero attached hydrogens (tertiary/aromatic N) is 4. The van der Waals surface area contributed by atoms with E-state index in [-0.39, 0.29) is 0 Å². The highest BCUT2D eigenvalue weighted by molar-refractivity contribution is 7.98. The quantitative estimate of drug-likeness (QED) is 0.672. The molecule has 0 saturated carbocycles. The van der Waals surface area contributed by atoms with Crippen molar-refractivity contribution >= 4 is 28.1 Å². The Morgan fingerprint density at radius 2 is 2.20 bits per heavy atom. The van der Waals surface area contributed by atoms with Crippen LogP contribution in [0.5, 0.6) is 0 Å². The van der Waals surface area contributed by atoms with Crippen LogP contribution in [0.1, 0.15) is 24.7 Å². The van der Waals surface area contributed by atoms with Crippen molar-refractivity contribution in [1.82, 2.24) is 19.8 Å². The molecule has 0 atom stereocenters. The fourth-order valence-corrected chi connectivity index (χ4v) is 3.60. The van der Waals surface area contributed by atoms with Gasteiger partial charge in [0.15, 0.2) is 5.82 Å². The number of hydrogen-bond donors (Lipinski definition) is 0. The predicted octanol–water partition coefficient (Wildman–Crippen LogP) is 3.80. The second-order valence-corrected chi connectivity index (χ2v) is 6.70. The largest absolute Gasteiger partial charge is 0.235 e. The SMILES string of the molecule is CCCSCc1nnc2sc(-c3cccc(C)c3)nn12. The van der Waals surface area contributed by atoms with Gasteiger partial charge in [-0.2, -0.15) is 21.4 Å². The van der Waals surface area contributed by atoms with E-state index in [0.717, 1.165) is 32.9 Å². The zero-order valence-electron chi connectivity index (χ0n) is 11.5. The zero-order valence-corrected chi connectivity index (χ0v) is 13.2. The summed E-state index contributed by atoms with van der Waals surface area (Å²) in [7, 11) is 0. The van der Waals surface area contributed by atoms with E-state index in [9.17, 15) is 0 Å². The Hall–Kier alpha value is -1.40. The van der Waals surface area contributed by atoms with Gasteiger partial charge in [0.2, 0.25) is 4.96 Å². The van der Waals surface area contributed by atoms with Crippen LogP contribution in [0.15, 0.2) is 24.3 Å². The molecule has 0 amide bonds. The molecule has 0 aliphatic carbocycles. The van der Waals surface area contributed by atoms with Crippen LogP contribution in [-0.2, 0) is 5.75 Å². The number of rotatable bonds is 5. The normalized spacial score (nSPS) is 11.3. The summed E-state index contributed by atoms with van der Waals surface area (Å²) in [6, 6.07) is 8.39. The van der Waals surface area contributed by atoms with Crippen molar-refractivity contribution in [3.05, 3.63) is 35.7 Å². The van der Waals surface area contributed by atoms with Crippen LogP contribution < -0.4 is 0 Å². The van der Waals surface area contributed by atoms with Crippen molar-refractivity contribution in [2.75, 3.05) is 5.75 Å². The Bertz CT molecular complexity index is 717. The van der Waals surface area contributed by atoms with Gasteiger partial charge < -0.3 is 0 Å². The first-order chi connectivity index (χ1) is 9.78. The van der Waals surface area contributed by atoms with E-state index in [1.165, 1.54) is 12.0 Å². The molecule has 4 nitrogen and oxygen atoms in total. The van der Waals surface area contributed by atoms with Crippen LogP contribution in [0.4, 0.5) is 0 Å².